The van der Waals surface area contributed by atoms with Gasteiger partial charge in [0.25, 0.3) is 0 Å². The molecule has 0 aliphatic heterocycles. The molecular weight excluding hydrogens is 280 g/mol. The highest BCUT2D eigenvalue weighted by atomic mass is 16.5. The summed E-state index contributed by atoms with van der Waals surface area (Å²) in [5, 5.41) is 16.5. The van der Waals surface area contributed by atoms with Gasteiger partial charge in [-0.05, 0) is 36.2 Å². The number of benzene rings is 1. The minimum absolute atomic E-state index is 0.402. The molecule has 0 bridgehead atoms. The lowest BCUT2D eigenvalue weighted by atomic mass is 10.1. The van der Waals surface area contributed by atoms with Gasteiger partial charge in [-0.1, -0.05) is 0 Å². The Kier molecular flexibility index (Phi) is 9.60. The van der Waals surface area contributed by atoms with Crippen LogP contribution in [0.3, 0.4) is 0 Å². The summed E-state index contributed by atoms with van der Waals surface area (Å²) in [6.45, 7) is 9.37. The first kappa shape index (κ1) is 18.6. The Balaban J connectivity index is 0.00000102. The van der Waals surface area contributed by atoms with Gasteiger partial charge in [-0.15, -0.1) is 0 Å². The van der Waals surface area contributed by atoms with Crippen LogP contribution < -0.4 is 10.6 Å². The van der Waals surface area contributed by atoms with Crippen LogP contribution in [0.15, 0.2) is 41.9 Å². The fourth-order valence-electron chi connectivity index (χ4n) is 1.56. The maximum Gasteiger partial charge on any atom is 0.132 e. The molecule has 0 unspecified atom stereocenters. The van der Waals surface area contributed by atoms with Gasteiger partial charge in [-0.3, -0.25) is 9.97 Å². The Morgan fingerprint density at radius 3 is 2.55 bits per heavy atom. The van der Waals surface area contributed by atoms with Crippen molar-refractivity contribution in [3.63, 3.8) is 0 Å². The zero-order chi connectivity index (χ0) is 16.8. The molecule has 0 amide bonds. The molecule has 0 aliphatic carbocycles. The number of hydrazone groups is 1. The first-order chi connectivity index (χ1) is 10.8. The van der Waals surface area contributed by atoms with Crippen molar-refractivity contribution < 1.29 is 4.74 Å². The molecule has 0 fully saturated rings. The van der Waals surface area contributed by atoms with Crippen molar-refractivity contribution in [3.05, 3.63) is 53.6 Å². The topological polar surface area (TPSA) is 121 Å². The number of nitrogens with two attached hydrogens (primary N) is 1. The van der Waals surface area contributed by atoms with E-state index in [-0.39, 0.29) is 0 Å². The number of nitrogens with zero attached hydrogens (tertiary/aromatic N) is 5. The normalized spacial score (nSPS) is 8.95. The molecule has 0 saturated carbocycles. The lowest BCUT2D eigenvalue weighted by molar-refractivity contribution is 0.298. The monoisotopic (exact) mass is 296 g/mol. The highest BCUT2D eigenvalue weighted by molar-refractivity contribution is 5.80. The molecule has 22 heavy (non-hydrogen) atoms. The molecule has 1 heterocycles. The average Bonchev–Trinajstić information content (AvgIpc) is 2.59. The van der Waals surface area contributed by atoms with Crippen LogP contribution >= 0.6 is 0 Å². The number of aromatic nitrogens is 2. The summed E-state index contributed by atoms with van der Waals surface area (Å²) in [5.41, 5.74) is 2.77. The van der Waals surface area contributed by atoms with E-state index in [9.17, 15) is 0 Å². The Morgan fingerprint density at radius 2 is 2.00 bits per heavy atom. The molecule has 0 radical (unpaired) electrons. The van der Waals surface area contributed by atoms with E-state index in [0.717, 1.165) is 22.6 Å². The number of hydrogen-bond acceptors (Lipinski definition) is 7. The van der Waals surface area contributed by atoms with Gasteiger partial charge < -0.3 is 10.6 Å². The van der Waals surface area contributed by atoms with Crippen molar-refractivity contribution in [2.24, 2.45) is 10.9 Å². The lowest BCUT2D eigenvalue weighted by Gasteiger charge is -2.08. The fraction of sp³-hybridized carbons (Fsp3) is 0.133. The van der Waals surface area contributed by atoms with Gasteiger partial charge >= 0.3 is 0 Å². The van der Waals surface area contributed by atoms with E-state index < -0.39 is 0 Å². The van der Waals surface area contributed by atoms with Crippen LogP contribution in [0.2, 0.25) is 0 Å². The number of ether oxygens (including phenoxy) is 1. The van der Waals surface area contributed by atoms with Crippen LogP contribution in [0.5, 0.6) is 5.75 Å². The summed E-state index contributed by atoms with van der Waals surface area (Å²) in [6, 6.07) is 5.75. The minimum Gasteiger partial charge on any atom is -0.487 e. The second-order valence-electron chi connectivity index (χ2n) is 3.79. The molecule has 1 aromatic heterocycles. The van der Waals surface area contributed by atoms with Crippen LogP contribution in [-0.4, -0.2) is 16.2 Å². The molecule has 0 aliphatic rings. The second-order valence-corrected chi connectivity index (χ2v) is 3.79. The van der Waals surface area contributed by atoms with Crippen molar-refractivity contribution in [2.45, 2.75) is 13.5 Å². The van der Waals surface area contributed by atoms with Gasteiger partial charge in [0.05, 0.1) is 18.1 Å². The first-order valence-corrected chi connectivity index (χ1v) is 6.03. The molecule has 7 nitrogen and oxygen atoms in total. The first-order valence-electron chi connectivity index (χ1n) is 6.03. The third kappa shape index (κ3) is 6.13. The van der Waals surface area contributed by atoms with Gasteiger partial charge in [0.2, 0.25) is 0 Å². The summed E-state index contributed by atoms with van der Waals surface area (Å²) in [7, 11) is 0. The summed E-state index contributed by atoms with van der Waals surface area (Å²) < 4.78 is 5.68. The summed E-state index contributed by atoms with van der Waals surface area (Å²) in [5.74, 6) is 5.92. The smallest absolute Gasteiger partial charge is 0.132 e. The van der Waals surface area contributed by atoms with E-state index in [2.05, 4.69) is 28.2 Å². The highest BCUT2D eigenvalue weighted by Crippen LogP contribution is 2.19. The minimum atomic E-state index is 0.402. The third-order valence-electron chi connectivity index (χ3n) is 2.41. The average molecular weight is 296 g/mol. The summed E-state index contributed by atoms with van der Waals surface area (Å²) in [6.07, 6.45) is 6.56. The van der Waals surface area contributed by atoms with Crippen LogP contribution in [0, 0.1) is 30.6 Å². The molecule has 1 aromatic carbocycles. The standard InChI is InChI=1S/C13H14N4O.2CHN/c1-10-6-11(7-17-14)2-3-13(10)18-9-12-8-15-4-5-16-12;2*1-2/h2-8H,9,14H2,1H3;2*1H. The van der Waals surface area contributed by atoms with Gasteiger partial charge in [0.1, 0.15) is 12.4 Å². The Morgan fingerprint density at radius 1 is 1.27 bits per heavy atom. The van der Waals surface area contributed by atoms with E-state index in [1.807, 2.05) is 25.1 Å². The maximum absolute atomic E-state index is 6.50. The van der Waals surface area contributed by atoms with Crippen LogP contribution in [0.4, 0.5) is 0 Å². The van der Waals surface area contributed by atoms with Crippen molar-refractivity contribution in [1.29, 1.82) is 10.5 Å². The number of aryl methyl sites for hydroxylation is 1. The maximum atomic E-state index is 6.50. The molecule has 0 spiro atoms. The van der Waals surface area contributed by atoms with Gasteiger partial charge in [0, 0.05) is 25.5 Å². The van der Waals surface area contributed by atoms with Crippen LogP contribution in [0.25, 0.3) is 0 Å². The predicted octanol–water partition coefficient (Wildman–Crippen LogP) is 1.94. The fourth-order valence-corrected chi connectivity index (χ4v) is 1.56. The quantitative estimate of drug-likeness (QED) is 0.522. The molecule has 112 valence electrons. The van der Waals surface area contributed by atoms with E-state index >= 15 is 0 Å². The van der Waals surface area contributed by atoms with Crippen molar-refractivity contribution in [2.75, 3.05) is 0 Å². The number of rotatable bonds is 4. The van der Waals surface area contributed by atoms with Crippen molar-refractivity contribution in [3.8, 4) is 18.9 Å². The van der Waals surface area contributed by atoms with Gasteiger partial charge in [-0.25, -0.2) is 10.5 Å². The van der Waals surface area contributed by atoms with E-state index in [1.54, 1.807) is 24.8 Å². The highest BCUT2D eigenvalue weighted by Gasteiger charge is 2.01. The molecule has 0 atom stereocenters. The van der Waals surface area contributed by atoms with Crippen LogP contribution in [0.1, 0.15) is 16.8 Å². The number of nitriles is 2. The third-order valence-corrected chi connectivity index (χ3v) is 2.41. The van der Waals surface area contributed by atoms with Crippen molar-refractivity contribution >= 4 is 6.21 Å². The molecule has 2 aromatic rings. The van der Waals surface area contributed by atoms with Crippen LogP contribution in [-0.2, 0) is 6.61 Å². The molecular formula is C15H16N6O. The molecule has 0 saturated heterocycles. The Labute approximate surface area is 129 Å². The van der Waals surface area contributed by atoms with Gasteiger partial charge in [0.15, 0.2) is 0 Å². The van der Waals surface area contributed by atoms with Gasteiger partial charge in [-0.2, -0.15) is 5.10 Å². The number of hydrogen-bond donors (Lipinski definition) is 1. The Bertz CT molecular complexity index is 616. The largest absolute Gasteiger partial charge is 0.487 e. The second kappa shape index (κ2) is 11.4. The molecule has 2 rings (SSSR count). The van der Waals surface area contributed by atoms with Crippen molar-refractivity contribution in [1.82, 2.24) is 9.97 Å². The zero-order valence-electron chi connectivity index (χ0n) is 12.1. The molecule has 2 N–H and O–H groups in total. The van der Waals surface area contributed by atoms with E-state index in [1.165, 1.54) is 0 Å². The lowest BCUT2D eigenvalue weighted by Crippen LogP contribution is -2.00. The molecule has 7 heteroatoms. The summed E-state index contributed by atoms with van der Waals surface area (Å²) in [4.78, 5) is 8.13. The summed E-state index contributed by atoms with van der Waals surface area (Å²) >= 11 is 0. The van der Waals surface area contributed by atoms with E-state index in [0.29, 0.717) is 6.61 Å². The predicted molar refractivity (Wildman–Crippen MR) is 82.7 cm³/mol. The zero-order valence-corrected chi connectivity index (χ0v) is 12.1. The Hall–Kier alpha value is -3.45. The SMILES string of the molecule is C#N.C#N.Cc1cc(C=NN)ccc1OCc1cnccn1. The van der Waals surface area contributed by atoms with E-state index in [4.69, 9.17) is 21.1 Å².